The molecule has 1 amide bonds. The Hall–Kier alpha value is -4.30. The number of methoxy groups -OCH3 is 3. The first-order valence-electron chi connectivity index (χ1n) is 11.6. The first-order chi connectivity index (χ1) is 18.0. The summed E-state index contributed by atoms with van der Waals surface area (Å²) in [6, 6.07) is 18.9. The highest BCUT2D eigenvalue weighted by molar-refractivity contribution is 6.31. The minimum Gasteiger partial charge on any atom is -0.493 e. The van der Waals surface area contributed by atoms with Gasteiger partial charge in [0.1, 0.15) is 0 Å². The van der Waals surface area contributed by atoms with Gasteiger partial charge >= 0.3 is 0 Å². The van der Waals surface area contributed by atoms with Gasteiger partial charge in [0.25, 0.3) is 0 Å². The van der Waals surface area contributed by atoms with Gasteiger partial charge in [-0.25, -0.2) is 5.01 Å². The third kappa shape index (κ3) is 4.75. The molecule has 0 aliphatic carbocycles. The van der Waals surface area contributed by atoms with Crippen LogP contribution in [0.1, 0.15) is 23.6 Å². The summed E-state index contributed by atoms with van der Waals surface area (Å²) in [6.07, 6.45) is 3.03. The summed E-state index contributed by atoms with van der Waals surface area (Å²) in [5.41, 5.74) is 5.24. The number of rotatable bonds is 8. The quantitative estimate of drug-likeness (QED) is 0.291. The van der Waals surface area contributed by atoms with Crippen LogP contribution in [-0.2, 0) is 4.79 Å². The second-order valence-electron chi connectivity index (χ2n) is 8.43. The summed E-state index contributed by atoms with van der Waals surface area (Å²) in [4.78, 5) is 16.3. The molecule has 1 N–H and O–H groups in total. The van der Waals surface area contributed by atoms with Crippen molar-refractivity contribution in [2.24, 2.45) is 5.10 Å². The van der Waals surface area contributed by atoms with E-state index in [0.717, 1.165) is 45.5 Å². The van der Waals surface area contributed by atoms with Crippen molar-refractivity contribution in [2.75, 3.05) is 26.6 Å². The molecule has 188 valence electrons. The molecule has 0 saturated carbocycles. The molecule has 8 nitrogen and oxygen atoms in total. The van der Waals surface area contributed by atoms with E-state index in [1.165, 1.54) is 5.01 Å². The maximum Gasteiger partial charge on any atom is 0.230 e. The van der Waals surface area contributed by atoms with Gasteiger partial charge in [-0.15, -0.1) is 0 Å². The van der Waals surface area contributed by atoms with Crippen LogP contribution >= 0.6 is 11.6 Å². The zero-order chi connectivity index (χ0) is 25.9. The molecular weight excluding hydrogens is 492 g/mol. The topological polar surface area (TPSA) is 85.3 Å². The SMILES string of the molecule is COc1cc(C2CC(c3ccc(Nc4ccnc5cc(Cl)ccc45)cc3)=NN2C=O)cc(OC)c1OC. The van der Waals surface area contributed by atoms with Gasteiger partial charge in [0, 0.05) is 34.4 Å². The van der Waals surface area contributed by atoms with E-state index in [1.54, 1.807) is 27.5 Å². The molecule has 2 heterocycles. The lowest BCUT2D eigenvalue weighted by atomic mass is 9.97. The number of nitrogens with one attached hydrogen (secondary N) is 1. The third-order valence-electron chi connectivity index (χ3n) is 6.32. The van der Waals surface area contributed by atoms with Gasteiger partial charge in [-0.2, -0.15) is 5.10 Å². The molecule has 0 saturated heterocycles. The van der Waals surface area contributed by atoms with Gasteiger partial charge in [0.05, 0.1) is 38.6 Å². The number of ether oxygens (including phenoxy) is 3. The first-order valence-corrected chi connectivity index (χ1v) is 11.9. The Balaban J connectivity index is 1.38. The van der Waals surface area contributed by atoms with Crippen molar-refractivity contribution in [1.29, 1.82) is 0 Å². The molecule has 0 spiro atoms. The van der Waals surface area contributed by atoms with Crippen LogP contribution in [0.5, 0.6) is 17.2 Å². The Morgan fingerprint density at radius 1 is 0.973 bits per heavy atom. The molecule has 1 atom stereocenters. The monoisotopic (exact) mass is 516 g/mol. The fraction of sp³-hybridized carbons (Fsp3) is 0.179. The van der Waals surface area contributed by atoms with Crippen LogP contribution in [0, 0.1) is 0 Å². The summed E-state index contributed by atoms with van der Waals surface area (Å²) in [5, 5.41) is 11.1. The Morgan fingerprint density at radius 3 is 2.35 bits per heavy atom. The number of pyridine rings is 1. The third-order valence-corrected chi connectivity index (χ3v) is 6.56. The molecule has 0 bridgehead atoms. The lowest BCUT2D eigenvalue weighted by Gasteiger charge is -2.20. The van der Waals surface area contributed by atoms with E-state index in [0.29, 0.717) is 28.7 Å². The van der Waals surface area contributed by atoms with Crippen LogP contribution < -0.4 is 19.5 Å². The van der Waals surface area contributed by atoms with E-state index in [-0.39, 0.29) is 6.04 Å². The predicted molar refractivity (Wildman–Crippen MR) is 144 cm³/mol. The average Bonchev–Trinajstić information content (AvgIpc) is 3.37. The van der Waals surface area contributed by atoms with E-state index < -0.39 is 0 Å². The highest BCUT2D eigenvalue weighted by atomic mass is 35.5. The van der Waals surface area contributed by atoms with E-state index in [9.17, 15) is 4.79 Å². The molecule has 1 aliphatic rings. The van der Waals surface area contributed by atoms with Gasteiger partial charge in [-0.3, -0.25) is 9.78 Å². The Kier molecular flexibility index (Phi) is 6.83. The standard InChI is InChI=1S/C28H25ClN4O4/c1-35-26-12-18(13-27(36-2)28(26)37-3)25-15-23(32-33(25)16-34)17-4-7-20(8-5-17)31-22-10-11-30-24-14-19(29)6-9-21(22)24/h4-14,16,25H,15H2,1-3H3,(H,30,31). The molecule has 1 unspecified atom stereocenters. The highest BCUT2D eigenvalue weighted by Gasteiger charge is 2.30. The molecule has 0 radical (unpaired) electrons. The van der Waals surface area contributed by atoms with Crippen molar-refractivity contribution in [1.82, 2.24) is 9.99 Å². The van der Waals surface area contributed by atoms with Gasteiger partial charge in [-0.05, 0) is 59.7 Å². The minimum atomic E-state index is -0.297. The largest absolute Gasteiger partial charge is 0.493 e. The molecule has 1 aromatic heterocycles. The van der Waals surface area contributed by atoms with Gasteiger partial charge in [-0.1, -0.05) is 23.7 Å². The highest BCUT2D eigenvalue weighted by Crippen LogP contribution is 2.42. The maximum absolute atomic E-state index is 11.9. The minimum absolute atomic E-state index is 0.297. The second-order valence-corrected chi connectivity index (χ2v) is 8.87. The van der Waals surface area contributed by atoms with Crippen molar-refractivity contribution in [3.8, 4) is 17.2 Å². The van der Waals surface area contributed by atoms with Crippen molar-refractivity contribution in [2.45, 2.75) is 12.5 Å². The Morgan fingerprint density at radius 2 is 1.70 bits per heavy atom. The van der Waals surface area contributed by atoms with Gasteiger partial charge < -0.3 is 19.5 Å². The number of hydrogen-bond donors (Lipinski definition) is 1. The molecule has 37 heavy (non-hydrogen) atoms. The first kappa shape index (κ1) is 24.4. The molecular formula is C28H25ClN4O4. The molecule has 0 fully saturated rings. The average molecular weight is 517 g/mol. The fourth-order valence-electron chi connectivity index (χ4n) is 4.50. The lowest BCUT2D eigenvalue weighted by molar-refractivity contribution is -0.119. The van der Waals surface area contributed by atoms with Crippen molar-refractivity contribution < 1.29 is 19.0 Å². The number of hydrogen-bond acceptors (Lipinski definition) is 7. The Bertz CT molecular complexity index is 1460. The summed E-state index contributed by atoms with van der Waals surface area (Å²) in [7, 11) is 4.68. The van der Waals surface area contributed by atoms with Crippen molar-refractivity contribution in [3.63, 3.8) is 0 Å². The van der Waals surface area contributed by atoms with E-state index in [2.05, 4.69) is 15.4 Å². The van der Waals surface area contributed by atoms with Gasteiger partial charge in [0.2, 0.25) is 12.2 Å². The number of fused-ring (bicyclic) bond motifs is 1. The van der Waals surface area contributed by atoms with Crippen LogP contribution in [0.3, 0.4) is 0 Å². The van der Waals surface area contributed by atoms with Crippen LogP contribution in [-0.4, -0.2) is 43.4 Å². The van der Waals surface area contributed by atoms with Crippen LogP contribution in [0.4, 0.5) is 11.4 Å². The predicted octanol–water partition coefficient (Wildman–Crippen LogP) is 5.97. The molecule has 3 aromatic carbocycles. The number of carbonyl (C=O) groups excluding carboxylic acids is 1. The number of halogens is 1. The van der Waals surface area contributed by atoms with Crippen molar-refractivity contribution in [3.05, 3.63) is 83.0 Å². The van der Waals surface area contributed by atoms with Gasteiger partial charge in [0.15, 0.2) is 11.5 Å². The number of carbonyl (C=O) groups is 1. The summed E-state index contributed by atoms with van der Waals surface area (Å²) >= 11 is 6.11. The lowest BCUT2D eigenvalue weighted by Crippen LogP contribution is -2.17. The summed E-state index contributed by atoms with van der Waals surface area (Å²) in [6.45, 7) is 0. The zero-order valence-corrected chi connectivity index (χ0v) is 21.3. The number of nitrogens with zero attached hydrogens (tertiary/aromatic N) is 3. The van der Waals surface area contributed by atoms with E-state index in [4.69, 9.17) is 25.8 Å². The van der Waals surface area contributed by atoms with Crippen molar-refractivity contribution >= 4 is 46.0 Å². The fourth-order valence-corrected chi connectivity index (χ4v) is 4.66. The number of benzene rings is 3. The number of hydrazone groups is 1. The normalized spacial score (nSPS) is 14.9. The molecule has 4 aromatic rings. The van der Waals surface area contributed by atoms with Crippen LogP contribution in [0.25, 0.3) is 10.9 Å². The number of amides is 1. The molecule has 5 rings (SSSR count). The number of anilines is 2. The second kappa shape index (κ2) is 10.4. The smallest absolute Gasteiger partial charge is 0.230 e. The summed E-state index contributed by atoms with van der Waals surface area (Å²) in [5.74, 6) is 1.55. The van der Waals surface area contributed by atoms with E-state index >= 15 is 0 Å². The molecule has 9 heteroatoms. The molecule has 1 aliphatic heterocycles. The summed E-state index contributed by atoms with van der Waals surface area (Å²) < 4.78 is 16.4. The van der Waals surface area contributed by atoms with Crippen LogP contribution in [0.15, 0.2) is 72.0 Å². The van der Waals surface area contributed by atoms with E-state index in [1.807, 2.05) is 60.7 Å². The Labute approximate surface area is 219 Å². The maximum atomic E-state index is 11.9. The van der Waals surface area contributed by atoms with Crippen LogP contribution in [0.2, 0.25) is 5.02 Å². The zero-order valence-electron chi connectivity index (χ0n) is 20.6. The number of aromatic nitrogens is 1.